The van der Waals surface area contributed by atoms with Gasteiger partial charge in [-0.05, 0) is 67.8 Å². The third-order valence-electron chi connectivity index (χ3n) is 6.20. The maximum absolute atomic E-state index is 11.7. The van der Waals surface area contributed by atoms with Crippen molar-refractivity contribution in [3.8, 4) is 0 Å². The van der Waals surface area contributed by atoms with E-state index in [2.05, 4.69) is 50.0 Å². The van der Waals surface area contributed by atoms with Gasteiger partial charge in [0, 0.05) is 47.3 Å². The number of ether oxygens (including phenoxy) is 1. The minimum Gasteiger partial charge on any atom is -0.465 e. The minimum atomic E-state index is -0.468. The molecule has 30 heavy (non-hydrogen) atoms. The maximum atomic E-state index is 11.7. The van der Waals surface area contributed by atoms with Crippen molar-refractivity contribution < 1.29 is 14.3 Å². The monoisotopic (exact) mass is 470 g/mol. The quantitative estimate of drug-likeness (QED) is 0.328. The van der Waals surface area contributed by atoms with E-state index in [1.165, 1.54) is 25.9 Å². The molecule has 158 valence electrons. The SMILES string of the molecule is COC(=O)c1ccc(CCCCN2CC3(C2)CN(c2ccc(Br)cc2)C3)cc1C=O. The van der Waals surface area contributed by atoms with Gasteiger partial charge in [-0.25, -0.2) is 4.79 Å². The average Bonchev–Trinajstić information content (AvgIpc) is 2.71. The summed E-state index contributed by atoms with van der Waals surface area (Å²) in [6.45, 7) is 5.84. The highest BCUT2D eigenvalue weighted by molar-refractivity contribution is 9.10. The number of nitrogens with zero attached hydrogens (tertiary/aromatic N) is 2. The second-order valence-corrected chi connectivity index (χ2v) is 9.45. The summed E-state index contributed by atoms with van der Waals surface area (Å²) in [5, 5.41) is 0. The van der Waals surface area contributed by atoms with Crippen molar-refractivity contribution >= 4 is 33.9 Å². The lowest BCUT2D eigenvalue weighted by Gasteiger charge is -2.61. The van der Waals surface area contributed by atoms with Crippen molar-refractivity contribution in [2.24, 2.45) is 5.41 Å². The highest BCUT2D eigenvalue weighted by Crippen LogP contribution is 2.42. The molecule has 2 saturated heterocycles. The van der Waals surface area contributed by atoms with E-state index in [0.717, 1.165) is 55.2 Å². The Bertz CT molecular complexity index is 915. The van der Waals surface area contributed by atoms with Crippen molar-refractivity contribution in [3.05, 3.63) is 63.6 Å². The maximum Gasteiger partial charge on any atom is 0.338 e. The number of halogens is 1. The third kappa shape index (κ3) is 4.44. The summed E-state index contributed by atoms with van der Waals surface area (Å²) in [6, 6.07) is 14.0. The third-order valence-corrected chi connectivity index (χ3v) is 6.73. The summed E-state index contributed by atoms with van der Waals surface area (Å²) < 4.78 is 5.84. The van der Waals surface area contributed by atoms with E-state index < -0.39 is 5.97 Å². The van der Waals surface area contributed by atoms with Crippen LogP contribution in [0, 0.1) is 5.41 Å². The molecule has 0 saturated carbocycles. The predicted octanol–water partition coefficient (Wildman–Crippen LogP) is 4.19. The fraction of sp³-hybridized carbons (Fsp3) is 0.417. The molecule has 2 fully saturated rings. The summed E-state index contributed by atoms with van der Waals surface area (Å²) in [5.74, 6) is -0.468. The second kappa shape index (κ2) is 8.90. The van der Waals surface area contributed by atoms with Gasteiger partial charge in [-0.3, -0.25) is 4.79 Å². The summed E-state index contributed by atoms with van der Waals surface area (Å²) in [4.78, 5) is 28.0. The van der Waals surface area contributed by atoms with Crippen molar-refractivity contribution in [1.82, 2.24) is 4.90 Å². The average molecular weight is 471 g/mol. The molecule has 2 aromatic rings. The Hall–Kier alpha value is -2.18. The Morgan fingerprint density at radius 1 is 1.10 bits per heavy atom. The van der Waals surface area contributed by atoms with E-state index in [-0.39, 0.29) is 0 Å². The van der Waals surface area contributed by atoms with Gasteiger partial charge in [0.05, 0.1) is 12.7 Å². The molecule has 0 aromatic heterocycles. The number of carbonyl (C=O) groups excluding carboxylic acids is 2. The number of anilines is 1. The van der Waals surface area contributed by atoms with E-state index in [9.17, 15) is 9.59 Å². The van der Waals surface area contributed by atoms with Gasteiger partial charge in [-0.1, -0.05) is 22.0 Å². The minimum absolute atomic E-state index is 0.333. The van der Waals surface area contributed by atoms with Gasteiger partial charge in [0.2, 0.25) is 0 Å². The summed E-state index contributed by atoms with van der Waals surface area (Å²) in [6.07, 6.45) is 3.86. The number of rotatable bonds is 8. The van der Waals surface area contributed by atoms with Crippen LogP contribution in [0.15, 0.2) is 46.9 Å². The molecule has 0 amide bonds. The lowest BCUT2D eigenvalue weighted by molar-refractivity contribution is -0.0222. The van der Waals surface area contributed by atoms with Gasteiger partial charge in [0.15, 0.2) is 6.29 Å². The van der Waals surface area contributed by atoms with Crippen molar-refractivity contribution in [2.75, 3.05) is 44.7 Å². The van der Waals surface area contributed by atoms with Gasteiger partial charge >= 0.3 is 5.97 Å². The molecule has 2 aliphatic heterocycles. The number of hydrogen-bond donors (Lipinski definition) is 0. The fourth-order valence-corrected chi connectivity index (χ4v) is 4.95. The first-order valence-corrected chi connectivity index (χ1v) is 11.2. The van der Waals surface area contributed by atoms with Gasteiger partial charge in [0.1, 0.15) is 0 Å². The highest BCUT2D eigenvalue weighted by Gasteiger charge is 2.51. The van der Waals surface area contributed by atoms with Gasteiger partial charge in [-0.2, -0.15) is 0 Å². The first kappa shape index (κ1) is 21.1. The zero-order chi connectivity index (χ0) is 21.1. The van der Waals surface area contributed by atoms with Gasteiger partial charge in [-0.15, -0.1) is 0 Å². The van der Waals surface area contributed by atoms with Crippen LogP contribution in [0.5, 0.6) is 0 Å². The zero-order valence-electron chi connectivity index (χ0n) is 17.3. The molecule has 2 aliphatic rings. The smallest absolute Gasteiger partial charge is 0.338 e. The number of aldehydes is 1. The Labute approximate surface area is 186 Å². The number of unbranched alkanes of at least 4 members (excludes halogenated alkanes) is 1. The number of methoxy groups -OCH3 is 1. The molecule has 0 aliphatic carbocycles. The van der Waals surface area contributed by atoms with Crippen LogP contribution < -0.4 is 4.90 Å². The van der Waals surface area contributed by atoms with Crippen LogP contribution in [0.25, 0.3) is 0 Å². The van der Waals surface area contributed by atoms with Crippen LogP contribution in [0.3, 0.4) is 0 Å². The molecule has 1 spiro atoms. The first-order chi connectivity index (χ1) is 14.5. The molecule has 0 N–H and O–H groups in total. The van der Waals surface area contributed by atoms with E-state index in [1.807, 2.05) is 12.1 Å². The van der Waals surface area contributed by atoms with Crippen LogP contribution in [0.1, 0.15) is 39.1 Å². The van der Waals surface area contributed by atoms with Crippen LogP contribution in [0.2, 0.25) is 0 Å². The Balaban J connectivity index is 1.16. The van der Waals surface area contributed by atoms with E-state index in [4.69, 9.17) is 4.74 Å². The molecule has 0 radical (unpaired) electrons. The molecule has 6 heteroatoms. The number of carbonyl (C=O) groups is 2. The molecule has 2 aromatic carbocycles. The zero-order valence-corrected chi connectivity index (χ0v) is 18.9. The lowest BCUT2D eigenvalue weighted by atomic mass is 9.72. The lowest BCUT2D eigenvalue weighted by Crippen LogP contribution is -2.72. The summed E-state index contributed by atoms with van der Waals surface area (Å²) >= 11 is 3.49. The number of likely N-dealkylation sites (tertiary alicyclic amines) is 1. The molecule has 0 atom stereocenters. The Morgan fingerprint density at radius 3 is 2.50 bits per heavy atom. The first-order valence-electron chi connectivity index (χ1n) is 10.4. The number of esters is 1. The van der Waals surface area contributed by atoms with Crippen LogP contribution in [0.4, 0.5) is 5.69 Å². The van der Waals surface area contributed by atoms with Crippen molar-refractivity contribution in [2.45, 2.75) is 19.3 Å². The Kier molecular flexibility index (Phi) is 6.25. The second-order valence-electron chi connectivity index (χ2n) is 8.53. The standard InChI is InChI=1S/C24H27BrN2O3/c1-30-23(29)22-10-5-18(12-19(22)13-28)4-2-3-11-26-14-24(15-26)16-27(17-24)21-8-6-20(25)7-9-21/h5-10,12-13H,2-4,11,14-17H2,1H3. The van der Waals surface area contributed by atoms with Gasteiger partial charge in [0.25, 0.3) is 0 Å². The molecular weight excluding hydrogens is 444 g/mol. The predicted molar refractivity (Wildman–Crippen MR) is 121 cm³/mol. The van der Waals surface area contributed by atoms with Crippen molar-refractivity contribution in [1.29, 1.82) is 0 Å². The topological polar surface area (TPSA) is 49.9 Å². The fourth-order valence-electron chi connectivity index (χ4n) is 4.68. The molecular formula is C24H27BrN2O3. The molecule has 4 rings (SSSR count). The van der Waals surface area contributed by atoms with Crippen molar-refractivity contribution in [3.63, 3.8) is 0 Å². The van der Waals surface area contributed by atoms with Crippen LogP contribution >= 0.6 is 15.9 Å². The largest absolute Gasteiger partial charge is 0.465 e. The molecule has 5 nitrogen and oxygen atoms in total. The molecule has 2 heterocycles. The molecule has 0 bridgehead atoms. The molecule has 0 unspecified atom stereocenters. The highest BCUT2D eigenvalue weighted by atomic mass is 79.9. The van der Waals surface area contributed by atoms with Crippen LogP contribution in [-0.2, 0) is 11.2 Å². The van der Waals surface area contributed by atoms with Gasteiger partial charge < -0.3 is 14.5 Å². The normalized spacial score (nSPS) is 17.3. The van der Waals surface area contributed by atoms with Crippen LogP contribution in [-0.4, -0.2) is 57.0 Å². The van der Waals surface area contributed by atoms with E-state index in [1.54, 1.807) is 6.07 Å². The summed E-state index contributed by atoms with van der Waals surface area (Å²) in [7, 11) is 1.33. The van der Waals surface area contributed by atoms with E-state index >= 15 is 0 Å². The summed E-state index contributed by atoms with van der Waals surface area (Å²) in [5.41, 5.74) is 3.64. The number of benzene rings is 2. The van der Waals surface area contributed by atoms with E-state index in [0.29, 0.717) is 16.5 Å². The number of hydrogen-bond acceptors (Lipinski definition) is 5. The Morgan fingerprint density at radius 2 is 1.83 bits per heavy atom. The number of aryl methyl sites for hydroxylation is 1.